The predicted octanol–water partition coefficient (Wildman–Crippen LogP) is 3.38. The number of ether oxygens (including phenoxy) is 6. The highest BCUT2D eigenvalue weighted by Gasteiger charge is 2.08. The largest absolute Gasteiger partial charge is 0.463 e. The topological polar surface area (TPSA) is 124 Å². The van der Waals surface area contributed by atoms with Crippen molar-refractivity contribution in [1.82, 2.24) is 0 Å². The van der Waals surface area contributed by atoms with Crippen LogP contribution in [-0.2, 0) is 38.0 Å². The van der Waals surface area contributed by atoms with Crippen molar-refractivity contribution in [2.75, 3.05) is 52.9 Å². The minimum Gasteiger partial charge on any atom is -0.463 e. The van der Waals surface area contributed by atoms with Gasteiger partial charge in [-0.05, 0) is 37.1 Å². The number of benzene rings is 2. The molecule has 0 amide bonds. The second-order valence-electron chi connectivity index (χ2n) is 7.88. The Kier molecular flexibility index (Phi) is 15.5. The molecule has 2 rings (SSSR count). The van der Waals surface area contributed by atoms with E-state index < -0.39 is 11.9 Å². The Morgan fingerprint density at radius 1 is 0.447 bits per heavy atom. The normalized spacial score (nSPS) is 10.4. The molecular weight excluding hydrogens is 496 g/mol. The van der Waals surface area contributed by atoms with Crippen LogP contribution in [0.15, 0.2) is 60.7 Å². The summed E-state index contributed by atoms with van der Waals surface area (Å²) in [6.45, 7) is 1.19. The fourth-order valence-corrected chi connectivity index (χ4v) is 3.02. The lowest BCUT2D eigenvalue weighted by atomic mass is 10.2. The highest BCUT2D eigenvalue weighted by molar-refractivity contribution is 5.89. The molecule has 0 fully saturated rings. The molecule has 0 saturated heterocycles. The van der Waals surface area contributed by atoms with Crippen molar-refractivity contribution in [2.24, 2.45) is 0 Å². The third-order valence-corrected chi connectivity index (χ3v) is 4.93. The Hall–Kier alpha value is -3.76. The lowest BCUT2D eigenvalue weighted by Crippen LogP contribution is -2.15. The van der Waals surface area contributed by atoms with Crippen molar-refractivity contribution >= 4 is 23.9 Å². The summed E-state index contributed by atoms with van der Waals surface area (Å²) < 4.78 is 30.8. The van der Waals surface area contributed by atoms with Crippen molar-refractivity contribution in [2.45, 2.75) is 25.7 Å². The van der Waals surface area contributed by atoms with Crippen LogP contribution in [0, 0.1) is 0 Å². The van der Waals surface area contributed by atoms with Gasteiger partial charge < -0.3 is 28.4 Å². The van der Waals surface area contributed by atoms with Crippen molar-refractivity contribution in [1.29, 1.82) is 0 Å². The van der Waals surface area contributed by atoms with Crippen molar-refractivity contribution in [3.63, 3.8) is 0 Å². The molecule has 0 saturated carbocycles. The van der Waals surface area contributed by atoms with E-state index >= 15 is 0 Å². The number of carbonyl (C=O) groups excluding carboxylic acids is 4. The van der Waals surface area contributed by atoms with Gasteiger partial charge in [-0.2, -0.15) is 0 Å². The number of unbranched alkanes of at least 4 members (excludes halogenated alkanes) is 1. The molecule has 10 heteroatoms. The van der Waals surface area contributed by atoms with Gasteiger partial charge in [0.05, 0.1) is 37.6 Å². The zero-order valence-corrected chi connectivity index (χ0v) is 21.3. The molecule has 38 heavy (non-hydrogen) atoms. The van der Waals surface area contributed by atoms with Gasteiger partial charge in [0, 0.05) is 12.8 Å². The summed E-state index contributed by atoms with van der Waals surface area (Å²) in [7, 11) is 0. The number of carbonyl (C=O) groups is 4. The van der Waals surface area contributed by atoms with Gasteiger partial charge >= 0.3 is 23.9 Å². The third kappa shape index (κ3) is 14.1. The fraction of sp³-hybridized carbons (Fsp3) is 0.429. The summed E-state index contributed by atoms with van der Waals surface area (Å²) in [5, 5.41) is 0. The Balaban J connectivity index is 1.33. The maximum atomic E-state index is 11.8. The van der Waals surface area contributed by atoms with Gasteiger partial charge in [-0.25, -0.2) is 9.59 Å². The second kappa shape index (κ2) is 19.4. The number of hydrogen-bond acceptors (Lipinski definition) is 10. The molecule has 0 heterocycles. The van der Waals surface area contributed by atoms with Gasteiger partial charge in [0.1, 0.15) is 26.4 Å². The second-order valence-corrected chi connectivity index (χ2v) is 7.88. The van der Waals surface area contributed by atoms with E-state index in [1.165, 1.54) is 0 Å². The van der Waals surface area contributed by atoms with Crippen LogP contribution < -0.4 is 0 Å². The highest BCUT2D eigenvalue weighted by Crippen LogP contribution is 2.04. The van der Waals surface area contributed by atoms with E-state index in [0.29, 0.717) is 24.0 Å². The SMILES string of the molecule is O=C(CCCCC(=O)OCCOCCOC(=O)c1ccccc1)OCCOCCOC(=O)c1ccccc1. The summed E-state index contributed by atoms with van der Waals surface area (Å²) in [6, 6.07) is 17.3. The first-order valence-electron chi connectivity index (χ1n) is 12.5. The van der Waals surface area contributed by atoms with E-state index in [0.717, 1.165) is 0 Å². The lowest BCUT2D eigenvalue weighted by Gasteiger charge is -2.08. The van der Waals surface area contributed by atoms with Crippen LogP contribution >= 0.6 is 0 Å². The standard InChI is InChI=1S/C28H34O10/c29-25(35-19-15-33-17-21-37-27(31)23-9-3-1-4-10-23)13-7-8-14-26(30)36-20-16-34-18-22-38-28(32)24-11-5-2-6-12-24/h1-6,9-12H,7-8,13-22H2. The zero-order valence-electron chi connectivity index (χ0n) is 21.3. The molecule has 2 aromatic rings. The fourth-order valence-electron chi connectivity index (χ4n) is 3.02. The Morgan fingerprint density at radius 3 is 1.16 bits per heavy atom. The van der Waals surface area contributed by atoms with Crippen LogP contribution in [0.1, 0.15) is 46.4 Å². The van der Waals surface area contributed by atoms with Crippen LogP contribution in [0.5, 0.6) is 0 Å². The van der Waals surface area contributed by atoms with Crippen LogP contribution in [0.4, 0.5) is 0 Å². The first-order valence-corrected chi connectivity index (χ1v) is 12.5. The Morgan fingerprint density at radius 2 is 0.789 bits per heavy atom. The van der Waals surface area contributed by atoms with E-state index in [4.69, 9.17) is 28.4 Å². The molecule has 0 N–H and O–H groups in total. The molecule has 0 atom stereocenters. The van der Waals surface area contributed by atoms with Crippen molar-refractivity contribution in [3.8, 4) is 0 Å². The van der Waals surface area contributed by atoms with E-state index in [1.807, 2.05) is 12.1 Å². The molecule has 0 aliphatic rings. The summed E-state index contributed by atoms with van der Waals surface area (Å²) in [5.41, 5.74) is 0.944. The molecule has 0 unspecified atom stereocenters. The van der Waals surface area contributed by atoms with Crippen LogP contribution in [0.2, 0.25) is 0 Å². The smallest absolute Gasteiger partial charge is 0.338 e. The van der Waals surface area contributed by atoms with Gasteiger partial charge in [0.2, 0.25) is 0 Å². The number of esters is 4. The number of hydrogen-bond donors (Lipinski definition) is 0. The van der Waals surface area contributed by atoms with E-state index in [1.54, 1.807) is 48.5 Å². The molecule has 0 spiro atoms. The van der Waals surface area contributed by atoms with Gasteiger partial charge in [0.15, 0.2) is 0 Å². The van der Waals surface area contributed by atoms with Crippen LogP contribution in [0.3, 0.4) is 0 Å². The summed E-state index contributed by atoms with van der Waals surface area (Å²) in [5.74, 6) is -1.59. The van der Waals surface area contributed by atoms with E-state index in [9.17, 15) is 19.2 Å². The minimum atomic E-state index is -0.420. The molecule has 2 aromatic carbocycles. The van der Waals surface area contributed by atoms with E-state index in [2.05, 4.69) is 0 Å². The predicted molar refractivity (Wildman–Crippen MR) is 135 cm³/mol. The molecule has 10 nitrogen and oxygen atoms in total. The molecule has 0 aromatic heterocycles. The molecule has 206 valence electrons. The van der Waals surface area contributed by atoms with Crippen LogP contribution in [0.25, 0.3) is 0 Å². The summed E-state index contributed by atoms with van der Waals surface area (Å²) in [6.07, 6.45) is 1.36. The highest BCUT2D eigenvalue weighted by atomic mass is 16.6. The maximum absolute atomic E-state index is 11.8. The number of rotatable bonds is 19. The summed E-state index contributed by atoms with van der Waals surface area (Å²) >= 11 is 0. The average molecular weight is 531 g/mol. The van der Waals surface area contributed by atoms with Gasteiger partial charge in [0.25, 0.3) is 0 Å². The minimum absolute atomic E-state index is 0.0962. The van der Waals surface area contributed by atoms with Gasteiger partial charge in [-0.3, -0.25) is 9.59 Å². The van der Waals surface area contributed by atoms with Crippen LogP contribution in [-0.4, -0.2) is 76.7 Å². The van der Waals surface area contributed by atoms with Crippen molar-refractivity contribution in [3.05, 3.63) is 71.8 Å². The maximum Gasteiger partial charge on any atom is 0.338 e. The van der Waals surface area contributed by atoms with Crippen molar-refractivity contribution < 1.29 is 47.6 Å². The monoisotopic (exact) mass is 530 g/mol. The Bertz CT molecular complexity index is 883. The lowest BCUT2D eigenvalue weighted by molar-refractivity contribution is -0.147. The van der Waals surface area contributed by atoms with E-state index in [-0.39, 0.29) is 77.6 Å². The first kappa shape index (κ1) is 30.5. The molecule has 0 aliphatic carbocycles. The third-order valence-electron chi connectivity index (χ3n) is 4.93. The van der Waals surface area contributed by atoms with Gasteiger partial charge in [-0.15, -0.1) is 0 Å². The Labute approximate surface area is 222 Å². The molecule has 0 aliphatic heterocycles. The first-order chi connectivity index (χ1) is 18.6. The average Bonchev–Trinajstić information content (AvgIpc) is 2.95. The van der Waals surface area contributed by atoms with Gasteiger partial charge in [-0.1, -0.05) is 36.4 Å². The molecule has 0 bridgehead atoms. The summed E-state index contributed by atoms with van der Waals surface area (Å²) in [4.78, 5) is 47.0. The molecule has 0 radical (unpaired) electrons. The zero-order chi connectivity index (χ0) is 27.3. The quantitative estimate of drug-likeness (QED) is 0.152. The molecular formula is C28H34O10.